The zero-order valence-electron chi connectivity index (χ0n) is 10.2. The van der Waals surface area contributed by atoms with Crippen LogP contribution in [0.5, 0.6) is 0 Å². The Morgan fingerprint density at radius 1 is 1.35 bits per heavy atom. The summed E-state index contributed by atoms with van der Waals surface area (Å²) in [7, 11) is 0. The van der Waals surface area contributed by atoms with E-state index in [1.54, 1.807) is 0 Å². The van der Waals surface area contributed by atoms with Crippen LogP contribution < -0.4 is 5.32 Å². The van der Waals surface area contributed by atoms with Gasteiger partial charge in [-0.3, -0.25) is 0 Å². The van der Waals surface area contributed by atoms with Crippen molar-refractivity contribution in [1.82, 2.24) is 14.9 Å². The van der Waals surface area contributed by atoms with Gasteiger partial charge in [-0.15, -0.1) is 5.10 Å². The molecule has 1 heterocycles. The van der Waals surface area contributed by atoms with Gasteiger partial charge in [0.2, 0.25) is 0 Å². The van der Waals surface area contributed by atoms with Crippen molar-refractivity contribution < 1.29 is 0 Å². The Kier molecular flexibility index (Phi) is 4.23. The van der Waals surface area contributed by atoms with Gasteiger partial charge in [0.1, 0.15) is 0 Å². The summed E-state index contributed by atoms with van der Waals surface area (Å²) in [5, 5.41) is 9.65. The Bertz CT molecular complexity index is 453. The molecule has 17 heavy (non-hydrogen) atoms. The van der Waals surface area contributed by atoms with Crippen molar-refractivity contribution in [2.75, 3.05) is 6.54 Å². The molecule has 2 rings (SSSR count). The maximum atomic E-state index is 4.17. The molecule has 1 N–H and O–H groups in total. The average Bonchev–Trinajstić information content (AvgIpc) is 2.85. The van der Waals surface area contributed by atoms with Crippen LogP contribution in [-0.2, 0) is 6.42 Å². The summed E-state index contributed by atoms with van der Waals surface area (Å²) >= 11 is 1.41. The lowest BCUT2D eigenvalue weighted by Gasteiger charge is -2.16. The molecule has 0 radical (unpaired) electrons. The van der Waals surface area contributed by atoms with Crippen molar-refractivity contribution in [1.29, 1.82) is 0 Å². The Labute approximate surface area is 106 Å². The maximum Gasteiger partial charge on any atom is 0.0928 e. The number of nitrogens with one attached hydrogen (secondary N) is 1. The average molecular weight is 247 g/mol. The van der Waals surface area contributed by atoms with E-state index in [-0.39, 0.29) is 6.04 Å². The summed E-state index contributed by atoms with van der Waals surface area (Å²) in [6.07, 6.45) is 0.964. The van der Waals surface area contributed by atoms with Gasteiger partial charge in [-0.1, -0.05) is 35.7 Å². The molecule has 4 heteroatoms. The van der Waals surface area contributed by atoms with Gasteiger partial charge in [0.25, 0.3) is 0 Å². The van der Waals surface area contributed by atoms with Crippen molar-refractivity contribution in [2.24, 2.45) is 0 Å². The minimum atomic E-state index is 0.264. The minimum Gasteiger partial charge on any atom is -0.309 e. The van der Waals surface area contributed by atoms with Gasteiger partial charge in [0.15, 0.2) is 0 Å². The second-order valence-corrected chi connectivity index (χ2v) is 4.68. The normalized spacial score (nSPS) is 12.6. The van der Waals surface area contributed by atoms with Gasteiger partial charge in [-0.25, -0.2) is 0 Å². The van der Waals surface area contributed by atoms with Crippen molar-refractivity contribution in [3.8, 4) is 0 Å². The van der Waals surface area contributed by atoms with E-state index in [0.29, 0.717) is 0 Å². The Hall–Kier alpha value is -1.26. The first kappa shape index (κ1) is 12.2. The zero-order chi connectivity index (χ0) is 12.1. The first-order valence-corrected chi connectivity index (χ1v) is 6.69. The molecule has 1 unspecified atom stereocenters. The molecule has 0 saturated carbocycles. The van der Waals surface area contributed by atoms with Crippen molar-refractivity contribution in [2.45, 2.75) is 26.3 Å². The van der Waals surface area contributed by atoms with Crippen LogP contribution in [0.3, 0.4) is 0 Å². The molecule has 0 amide bonds. The number of benzene rings is 1. The standard InChI is InChI=1S/C13H17N3S/c1-3-14-12(13-9-17-16-15-13)8-11-7-5-4-6-10(11)2/h4-7,9,12,14H,3,8H2,1-2H3. The van der Waals surface area contributed by atoms with Crippen molar-refractivity contribution in [3.05, 3.63) is 46.5 Å². The number of hydrogen-bond donors (Lipinski definition) is 1. The highest BCUT2D eigenvalue weighted by Gasteiger charge is 2.14. The first-order chi connectivity index (χ1) is 8.31. The third kappa shape index (κ3) is 3.11. The topological polar surface area (TPSA) is 37.8 Å². The van der Waals surface area contributed by atoms with Crippen LogP contribution in [-0.4, -0.2) is 16.1 Å². The summed E-state index contributed by atoms with van der Waals surface area (Å²) in [5.41, 5.74) is 3.74. The monoisotopic (exact) mass is 247 g/mol. The van der Waals surface area contributed by atoms with Crippen molar-refractivity contribution in [3.63, 3.8) is 0 Å². The summed E-state index contributed by atoms with van der Waals surface area (Å²) in [5.74, 6) is 0. The van der Waals surface area contributed by atoms with E-state index in [1.165, 1.54) is 22.7 Å². The van der Waals surface area contributed by atoms with Crippen LogP contribution in [0.4, 0.5) is 0 Å². The zero-order valence-corrected chi connectivity index (χ0v) is 11.0. The fourth-order valence-electron chi connectivity index (χ4n) is 1.91. The van der Waals surface area contributed by atoms with E-state index in [1.807, 2.05) is 5.38 Å². The molecule has 1 atom stereocenters. The lowest BCUT2D eigenvalue weighted by Crippen LogP contribution is -2.23. The molecule has 0 aliphatic rings. The van der Waals surface area contributed by atoms with Crippen LogP contribution in [0.2, 0.25) is 0 Å². The highest BCUT2D eigenvalue weighted by Crippen LogP contribution is 2.19. The third-order valence-electron chi connectivity index (χ3n) is 2.87. The molecule has 0 bridgehead atoms. The van der Waals surface area contributed by atoms with Crippen LogP contribution >= 0.6 is 11.5 Å². The third-order valence-corrected chi connectivity index (χ3v) is 3.39. The van der Waals surface area contributed by atoms with Crippen LogP contribution in [0, 0.1) is 6.92 Å². The summed E-state index contributed by atoms with van der Waals surface area (Å²) in [6, 6.07) is 8.76. The molecule has 0 saturated heterocycles. The van der Waals surface area contributed by atoms with E-state index in [2.05, 4.69) is 53.0 Å². The number of nitrogens with zero attached hydrogens (tertiary/aromatic N) is 2. The number of aryl methyl sites for hydroxylation is 1. The van der Waals surface area contributed by atoms with Crippen LogP contribution in [0.15, 0.2) is 29.6 Å². The van der Waals surface area contributed by atoms with E-state index >= 15 is 0 Å². The fourth-order valence-corrected chi connectivity index (χ4v) is 2.42. The lowest BCUT2D eigenvalue weighted by atomic mass is 10.00. The van der Waals surface area contributed by atoms with Gasteiger partial charge in [-0.2, -0.15) is 0 Å². The SMILES string of the molecule is CCNC(Cc1ccccc1C)c1csnn1. The highest BCUT2D eigenvalue weighted by molar-refractivity contribution is 7.03. The molecule has 0 spiro atoms. The molecule has 2 aromatic rings. The molecule has 0 aliphatic heterocycles. The van der Waals surface area contributed by atoms with Gasteiger partial charge in [-0.05, 0) is 42.5 Å². The number of aromatic nitrogens is 2. The summed E-state index contributed by atoms with van der Waals surface area (Å²) < 4.78 is 3.94. The second kappa shape index (κ2) is 5.89. The van der Waals surface area contributed by atoms with E-state index in [0.717, 1.165) is 18.7 Å². The maximum absolute atomic E-state index is 4.17. The van der Waals surface area contributed by atoms with Gasteiger partial charge in [0, 0.05) is 5.38 Å². The smallest absolute Gasteiger partial charge is 0.0928 e. The molecule has 90 valence electrons. The Balaban J connectivity index is 2.16. The van der Waals surface area contributed by atoms with E-state index in [9.17, 15) is 0 Å². The summed E-state index contributed by atoms with van der Waals surface area (Å²) in [4.78, 5) is 0. The molecule has 0 aliphatic carbocycles. The molecule has 3 nitrogen and oxygen atoms in total. The molecular formula is C13H17N3S. The van der Waals surface area contributed by atoms with Gasteiger partial charge >= 0.3 is 0 Å². The highest BCUT2D eigenvalue weighted by atomic mass is 32.1. The molecular weight excluding hydrogens is 230 g/mol. The number of likely N-dealkylation sites (N-methyl/N-ethyl adjacent to an activating group) is 1. The van der Waals surface area contributed by atoms with E-state index < -0.39 is 0 Å². The Morgan fingerprint density at radius 2 is 2.18 bits per heavy atom. The van der Waals surface area contributed by atoms with E-state index in [4.69, 9.17) is 0 Å². The van der Waals surface area contributed by atoms with Gasteiger partial charge < -0.3 is 5.32 Å². The predicted molar refractivity (Wildman–Crippen MR) is 71.2 cm³/mol. The number of hydrogen-bond acceptors (Lipinski definition) is 4. The quantitative estimate of drug-likeness (QED) is 0.883. The largest absolute Gasteiger partial charge is 0.309 e. The molecule has 0 fully saturated rings. The molecule has 1 aromatic heterocycles. The fraction of sp³-hybridized carbons (Fsp3) is 0.385. The Morgan fingerprint density at radius 3 is 2.82 bits per heavy atom. The number of rotatable bonds is 5. The van der Waals surface area contributed by atoms with Crippen molar-refractivity contribution >= 4 is 11.5 Å². The van der Waals surface area contributed by atoms with Crippen LogP contribution in [0.1, 0.15) is 29.8 Å². The summed E-state index contributed by atoms with van der Waals surface area (Å²) in [6.45, 7) is 5.20. The first-order valence-electron chi connectivity index (χ1n) is 5.86. The predicted octanol–water partition coefficient (Wildman–Crippen LogP) is 2.74. The molecule has 1 aromatic carbocycles. The second-order valence-electron chi connectivity index (χ2n) is 4.07. The van der Waals surface area contributed by atoms with Crippen LogP contribution in [0.25, 0.3) is 0 Å². The lowest BCUT2D eigenvalue weighted by molar-refractivity contribution is 0.534. The minimum absolute atomic E-state index is 0.264. The van der Waals surface area contributed by atoms with Gasteiger partial charge in [0.05, 0.1) is 11.7 Å².